The molecule has 0 bridgehead atoms. The smallest absolute Gasteiger partial charge is 0.110 e. The van der Waals surface area contributed by atoms with Crippen LogP contribution < -0.4 is 0 Å². The van der Waals surface area contributed by atoms with Crippen molar-refractivity contribution in [1.29, 1.82) is 0 Å². The van der Waals surface area contributed by atoms with Crippen LogP contribution in [0.1, 0.15) is 71.6 Å². The molecule has 1 nitrogen and oxygen atoms in total. The molecule has 0 aliphatic carbocycles. The molecule has 0 aromatic carbocycles. The minimum atomic E-state index is 0.768. The third-order valence-electron chi connectivity index (χ3n) is 2.36. The first-order valence-electron chi connectivity index (χ1n) is 6.51. The van der Waals surface area contributed by atoms with E-state index in [-0.39, 0.29) is 0 Å². The zero-order chi connectivity index (χ0) is 11.2. The number of hydrogen-bond acceptors (Lipinski definition) is 1. The van der Waals surface area contributed by atoms with Gasteiger partial charge in [0.25, 0.3) is 0 Å². The van der Waals surface area contributed by atoms with Gasteiger partial charge in [0.15, 0.2) is 0 Å². The van der Waals surface area contributed by atoms with Gasteiger partial charge in [-0.25, -0.2) is 0 Å². The molecular formula is C14H26O. The summed E-state index contributed by atoms with van der Waals surface area (Å²) < 4.78 is 5.08. The molecule has 0 aliphatic heterocycles. The van der Waals surface area contributed by atoms with Crippen molar-refractivity contribution in [2.45, 2.75) is 71.6 Å². The Labute approximate surface area is 95.6 Å². The highest BCUT2D eigenvalue weighted by Crippen LogP contribution is 2.07. The highest BCUT2D eigenvalue weighted by molar-refractivity contribution is 4.90. The van der Waals surface area contributed by atoms with Crippen molar-refractivity contribution in [3.8, 4) is 12.0 Å². The van der Waals surface area contributed by atoms with Crippen molar-refractivity contribution >= 4 is 0 Å². The Hall–Kier alpha value is -0.640. The van der Waals surface area contributed by atoms with Gasteiger partial charge in [-0.1, -0.05) is 58.3 Å². The summed E-state index contributed by atoms with van der Waals surface area (Å²) in [6, 6.07) is 0. The number of hydrogen-bond donors (Lipinski definition) is 0. The molecular weight excluding hydrogens is 184 g/mol. The van der Waals surface area contributed by atoms with Gasteiger partial charge >= 0.3 is 0 Å². The second kappa shape index (κ2) is 13.4. The van der Waals surface area contributed by atoms with E-state index in [4.69, 9.17) is 4.74 Å². The monoisotopic (exact) mass is 210 g/mol. The van der Waals surface area contributed by atoms with Gasteiger partial charge in [0.2, 0.25) is 0 Å². The highest BCUT2D eigenvalue weighted by Gasteiger charge is 1.89. The molecule has 0 saturated carbocycles. The normalized spacial score (nSPS) is 9.47. The molecule has 0 amide bonds. The van der Waals surface area contributed by atoms with Crippen LogP contribution in [0.25, 0.3) is 0 Å². The molecule has 0 aromatic heterocycles. The molecule has 0 fully saturated rings. The first kappa shape index (κ1) is 14.4. The zero-order valence-electron chi connectivity index (χ0n) is 10.5. The second-order valence-corrected chi connectivity index (χ2v) is 4.00. The summed E-state index contributed by atoms with van der Waals surface area (Å²) in [7, 11) is 0. The lowest BCUT2D eigenvalue weighted by molar-refractivity contribution is 0.277. The van der Waals surface area contributed by atoms with E-state index in [0.717, 1.165) is 19.4 Å². The molecule has 1 heteroatoms. The van der Waals surface area contributed by atoms with Crippen LogP contribution >= 0.6 is 0 Å². The van der Waals surface area contributed by atoms with Crippen molar-refractivity contribution < 1.29 is 4.74 Å². The lowest BCUT2D eigenvalue weighted by atomic mass is 10.1. The van der Waals surface area contributed by atoms with E-state index < -0.39 is 0 Å². The number of rotatable bonds is 9. The van der Waals surface area contributed by atoms with Gasteiger partial charge in [0.05, 0.1) is 6.61 Å². The Bertz CT molecular complexity index is 164. The van der Waals surface area contributed by atoms with Crippen LogP contribution in [0.4, 0.5) is 0 Å². The predicted octanol–water partition coefficient (Wildman–Crippen LogP) is 4.51. The maximum absolute atomic E-state index is 5.08. The van der Waals surface area contributed by atoms with Crippen molar-refractivity contribution in [2.24, 2.45) is 0 Å². The molecule has 0 N–H and O–H groups in total. The van der Waals surface area contributed by atoms with Gasteiger partial charge in [-0.3, -0.25) is 0 Å². The van der Waals surface area contributed by atoms with Gasteiger partial charge in [0.1, 0.15) is 6.11 Å². The summed E-state index contributed by atoms with van der Waals surface area (Å²) in [4.78, 5) is 0. The summed E-state index contributed by atoms with van der Waals surface area (Å²) in [5.74, 6) is 3.05. The minimum Gasteiger partial charge on any atom is -0.447 e. The third-order valence-corrected chi connectivity index (χ3v) is 2.36. The highest BCUT2D eigenvalue weighted by atomic mass is 16.5. The summed E-state index contributed by atoms with van der Waals surface area (Å²) in [6.45, 7) is 5.12. The third kappa shape index (κ3) is 13.4. The number of ether oxygens (including phenoxy) is 1. The molecule has 0 rings (SSSR count). The van der Waals surface area contributed by atoms with Gasteiger partial charge < -0.3 is 4.74 Å². The summed E-state index contributed by atoms with van der Waals surface area (Å²) in [5, 5.41) is 0. The lowest BCUT2D eigenvalue weighted by Crippen LogP contribution is -1.83. The molecule has 0 atom stereocenters. The first-order valence-corrected chi connectivity index (χ1v) is 6.51. The fourth-order valence-corrected chi connectivity index (χ4v) is 1.43. The van der Waals surface area contributed by atoms with E-state index in [0.29, 0.717) is 0 Å². The summed E-state index contributed by atoms with van der Waals surface area (Å²) in [5.41, 5.74) is 0. The van der Waals surface area contributed by atoms with Crippen LogP contribution in [-0.2, 0) is 4.74 Å². The average molecular weight is 210 g/mol. The van der Waals surface area contributed by atoms with E-state index in [1.807, 2.05) is 0 Å². The summed E-state index contributed by atoms with van der Waals surface area (Å²) >= 11 is 0. The minimum absolute atomic E-state index is 0.768. The molecule has 15 heavy (non-hydrogen) atoms. The van der Waals surface area contributed by atoms with E-state index in [1.165, 1.54) is 44.9 Å². The Balaban J connectivity index is 2.99. The quantitative estimate of drug-likeness (QED) is 0.402. The Morgan fingerprint density at radius 3 is 2.13 bits per heavy atom. The van der Waals surface area contributed by atoms with Crippen LogP contribution in [0.2, 0.25) is 0 Å². The molecule has 0 saturated heterocycles. The van der Waals surface area contributed by atoms with Crippen LogP contribution in [-0.4, -0.2) is 6.61 Å². The van der Waals surface area contributed by atoms with Crippen LogP contribution in [0.3, 0.4) is 0 Å². The van der Waals surface area contributed by atoms with E-state index in [9.17, 15) is 0 Å². The molecule has 0 aromatic rings. The fraction of sp³-hybridized carbons (Fsp3) is 0.857. The van der Waals surface area contributed by atoms with E-state index >= 15 is 0 Å². The Kier molecular flexibility index (Phi) is 12.8. The Morgan fingerprint density at radius 1 is 0.800 bits per heavy atom. The van der Waals surface area contributed by atoms with Gasteiger partial charge in [-0.2, -0.15) is 0 Å². The van der Waals surface area contributed by atoms with Gasteiger partial charge in [-0.05, 0) is 12.8 Å². The van der Waals surface area contributed by atoms with Crippen LogP contribution in [0.5, 0.6) is 0 Å². The number of unbranched alkanes of at least 4 members (excludes halogenated alkanes) is 7. The lowest BCUT2D eigenvalue weighted by Gasteiger charge is -1.97. The standard InChI is InChI=1S/C14H26O/c1-3-5-6-7-8-9-10-11-12-14-15-13-4-2/h3-11,13H2,1-2H3. The Morgan fingerprint density at radius 2 is 1.47 bits per heavy atom. The van der Waals surface area contributed by atoms with Crippen molar-refractivity contribution in [1.82, 2.24) is 0 Å². The SMILES string of the molecule is CCCCCCCCCC#COCCC. The molecule has 0 radical (unpaired) electrons. The summed E-state index contributed by atoms with van der Waals surface area (Å²) in [6.07, 6.45) is 14.2. The average Bonchev–Trinajstić information content (AvgIpc) is 2.26. The molecule has 0 heterocycles. The maximum atomic E-state index is 5.08. The molecule has 88 valence electrons. The predicted molar refractivity (Wildman–Crippen MR) is 66.6 cm³/mol. The zero-order valence-corrected chi connectivity index (χ0v) is 10.5. The first-order chi connectivity index (χ1) is 7.41. The van der Waals surface area contributed by atoms with Crippen molar-refractivity contribution in [3.05, 3.63) is 0 Å². The van der Waals surface area contributed by atoms with E-state index in [2.05, 4.69) is 25.9 Å². The second-order valence-electron chi connectivity index (χ2n) is 4.00. The topological polar surface area (TPSA) is 9.23 Å². The van der Waals surface area contributed by atoms with E-state index in [1.54, 1.807) is 0 Å². The van der Waals surface area contributed by atoms with Crippen LogP contribution in [0, 0.1) is 12.0 Å². The fourth-order valence-electron chi connectivity index (χ4n) is 1.43. The van der Waals surface area contributed by atoms with Gasteiger partial charge in [0, 0.05) is 6.42 Å². The molecule has 0 unspecified atom stereocenters. The van der Waals surface area contributed by atoms with Crippen molar-refractivity contribution in [2.75, 3.05) is 6.61 Å². The van der Waals surface area contributed by atoms with Crippen molar-refractivity contribution in [3.63, 3.8) is 0 Å². The maximum Gasteiger partial charge on any atom is 0.110 e. The van der Waals surface area contributed by atoms with Gasteiger partial charge in [-0.15, -0.1) is 0 Å². The van der Waals surface area contributed by atoms with Crippen LogP contribution in [0.15, 0.2) is 0 Å². The largest absolute Gasteiger partial charge is 0.447 e. The molecule has 0 spiro atoms. The molecule has 0 aliphatic rings.